The van der Waals surface area contributed by atoms with Crippen molar-refractivity contribution in [1.82, 2.24) is 0 Å². The summed E-state index contributed by atoms with van der Waals surface area (Å²) in [5.74, 6) is 0.611. The molecule has 0 aromatic carbocycles. The Balaban J connectivity index is 2.54. The molecule has 0 heterocycles. The fraction of sp³-hybridized carbons (Fsp3) is 1.00. The predicted molar refractivity (Wildman–Crippen MR) is 39.0 cm³/mol. The van der Waals surface area contributed by atoms with Gasteiger partial charge in [0.15, 0.2) is 0 Å². The molecule has 0 amide bonds. The van der Waals surface area contributed by atoms with Crippen LogP contribution in [-0.4, -0.2) is 11.6 Å². The van der Waals surface area contributed by atoms with Gasteiger partial charge < -0.3 is 11.5 Å². The van der Waals surface area contributed by atoms with Gasteiger partial charge in [0.2, 0.25) is 0 Å². The van der Waals surface area contributed by atoms with Crippen LogP contribution in [0.25, 0.3) is 0 Å². The lowest BCUT2D eigenvalue weighted by Gasteiger charge is -2.15. The highest BCUT2D eigenvalue weighted by Crippen LogP contribution is 2.30. The van der Waals surface area contributed by atoms with Crippen molar-refractivity contribution in [3.8, 4) is 0 Å². The molecule has 0 bridgehead atoms. The van der Waals surface area contributed by atoms with Crippen LogP contribution in [0, 0.1) is 5.92 Å². The van der Waals surface area contributed by atoms with E-state index < -0.39 is 0 Å². The second-order valence-electron chi connectivity index (χ2n) is 3.70. The smallest absolute Gasteiger partial charge is 0.0143 e. The standard InChI is InChI=1S/C7H16N2/c1-5-3-7(2,9)4-6(5)8/h5-6H,3-4,8-9H2,1-2H3. The normalized spacial score (nSPS) is 52.0. The van der Waals surface area contributed by atoms with Gasteiger partial charge in [-0.15, -0.1) is 0 Å². The highest BCUT2D eigenvalue weighted by atomic mass is 14.8. The molecule has 4 N–H and O–H groups in total. The topological polar surface area (TPSA) is 52.0 Å². The summed E-state index contributed by atoms with van der Waals surface area (Å²) in [6.45, 7) is 4.25. The van der Waals surface area contributed by atoms with Crippen LogP contribution >= 0.6 is 0 Å². The average Bonchev–Trinajstić information content (AvgIpc) is 1.79. The summed E-state index contributed by atoms with van der Waals surface area (Å²) in [5, 5.41) is 0. The van der Waals surface area contributed by atoms with Crippen molar-refractivity contribution in [1.29, 1.82) is 0 Å². The SMILES string of the molecule is CC1CC(C)(N)CC1N. The lowest BCUT2D eigenvalue weighted by atomic mass is 10.0. The summed E-state index contributed by atoms with van der Waals surface area (Å²) in [6.07, 6.45) is 2.06. The fourth-order valence-corrected chi connectivity index (χ4v) is 1.71. The largest absolute Gasteiger partial charge is 0.327 e. The Morgan fingerprint density at radius 1 is 1.44 bits per heavy atom. The maximum atomic E-state index is 5.88. The summed E-state index contributed by atoms with van der Waals surface area (Å²) in [4.78, 5) is 0. The van der Waals surface area contributed by atoms with Crippen LogP contribution in [0.3, 0.4) is 0 Å². The molecule has 0 aromatic heterocycles. The minimum absolute atomic E-state index is 0.0127. The van der Waals surface area contributed by atoms with E-state index in [9.17, 15) is 0 Å². The first-order valence-electron chi connectivity index (χ1n) is 3.56. The van der Waals surface area contributed by atoms with Gasteiger partial charge in [0.1, 0.15) is 0 Å². The maximum absolute atomic E-state index is 5.88. The molecule has 2 heteroatoms. The molecule has 1 fully saturated rings. The van der Waals surface area contributed by atoms with Crippen molar-refractivity contribution in [3.05, 3.63) is 0 Å². The van der Waals surface area contributed by atoms with E-state index in [4.69, 9.17) is 11.5 Å². The molecule has 1 aliphatic rings. The third kappa shape index (κ3) is 1.43. The van der Waals surface area contributed by atoms with Gasteiger partial charge >= 0.3 is 0 Å². The van der Waals surface area contributed by atoms with Crippen LogP contribution < -0.4 is 11.5 Å². The van der Waals surface area contributed by atoms with Crippen molar-refractivity contribution >= 4 is 0 Å². The molecule has 3 unspecified atom stereocenters. The van der Waals surface area contributed by atoms with Gasteiger partial charge in [-0.05, 0) is 25.7 Å². The van der Waals surface area contributed by atoms with E-state index in [-0.39, 0.29) is 5.54 Å². The molecule has 1 aliphatic carbocycles. The molecule has 9 heavy (non-hydrogen) atoms. The van der Waals surface area contributed by atoms with Gasteiger partial charge in [0, 0.05) is 11.6 Å². The van der Waals surface area contributed by atoms with E-state index >= 15 is 0 Å². The first-order valence-corrected chi connectivity index (χ1v) is 3.56. The predicted octanol–water partition coefficient (Wildman–Crippen LogP) is 0.461. The lowest BCUT2D eigenvalue weighted by molar-refractivity contribution is 0.464. The van der Waals surface area contributed by atoms with Gasteiger partial charge in [-0.3, -0.25) is 0 Å². The molecule has 0 saturated heterocycles. The van der Waals surface area contributed by atoms with Gasteiger partial charge in [0.05, 0.1) is 0 Å². The van der Waals surface area contributed by atoms with Gasteiger partial charge in [-0.1, -0.05) is 6.92 Å². The highest BCUT2D eigenvalue weighted by molar-refractivity contribution is 4.95. The van der Waals surface area contributed by atoms with Crippen molar-refractivity contribution in [2.75, 3.05) is 0 Å². The fourth-order valence-electron chi connectivity index (χ4n) is 1.71. The molecule has 0 aliphatic heterocycles. The zero-order chi connectivity index (χ0) is 7.07. The van der Waals surface area contributed by atoms with Crippen LogP contribution in [0.1, 0.15) is 26.7 Å². The first kappa shape index (κ1) is 7.03. The third-order valence-corrected chi connectivity index (χ3v) is 2.22. The second kappa shape index (κ2) is 1.96. The summed E-state index contributed by atoms with van der Waals surface area (Å²) >= 11 is 0. The Bertz CT molecular complexity index is 97.5. The Morgan fingerprint density at radius 3 is 2.11 bits per heavy atom. The van der Waals surface area contributed by atoms with Crippen LogP contribution in [0.15, 0.2) is 0 Å². The Morgan fingerprint density at radius 2 is 2.00 bits per heavy atom. The third-order valence-electron chi connectivity index (χ3n) is 2.22. The monoisotopic (exact) mass is 128 g/mol. The molecular formula is C7H16N2. The Kier molecular flexibility index (Phi) is 1.53. The van der Waals surface area contributed by atoms with E-state index in [0.717, 1.165) is 12.8 Å². The first-order chi connectivity index (χ1) is 4.01. The van der Waals surface area contributed by atoms with E-state index in [0.29, 0.717) is 12.0 Å². The van der Waals surface area contributed by atoms with Gasteiger partial charge in [-0.2, -0.15) is 0 Å². The number of rotatable bonds is 0. The van der Waals surface area contributed by atoms with Gasteiger partial charge in [-0.25, -0.2) is 0 Å². The van der Waals surface area contributed by atoms with Gasteiger partial charge in [0.25, 0.3) is 0 Å². The molecule has 2 nitrogen and oxygen atoms in total. The minimum Gasteiger partial charge on any atom is -0.327 e. The number of hydrogen-bond donors (Lipinski definition) is 2. The molecule has 3 atom stereocenters. The minimum atomic E-state index is 0.0127. The molecule has 0 aromatic rings. The average molecular weight is 128 g/mol. The summed E-state index contributed by atoms with van der Waals surface area (Å²) in [6, 6.07) is 0.333. The molecule has 1 rings (SSSR count). The number of nitrogens with two attached hydrogens (primary N) is 2. The molecule has 1 saturated carbocycles. The van der Waals surface area contributed by atoms with E-state index in [1.165, 1.54) is 0 Å². The quantitative estimate of drug-likeness (QED) is 0.498. The molecular weight excluding hydrogens is 112 g/mol. The van der Waals surface area contributed by atoms with E-state index in [1.54, 1.807) is 0 Å². The maximum Gasteiger partial charge on any atom is 0.0143 e. The van der Waals surface area contributed by atoms with E-state index in [2.05, 4.69) is 13.8 Å². The molecule has 0 spiro atoms. The Labute approximate surface area is 56.6 Å². The van der Waals surface area contributed by atoms with Crippen molar-refractivity contribution in [2.24, 2.45) is 17.4 Å². The van der Waals surface area contributed by atoms with Crippen molar-refractivity contribution in [3.63, 3.8) is 0 Å². The lowest BCUT2D eigenvalue weighted by Crippen LogP contribution is -2.34. The van der Waals surface area contributed by atoms with E-state index in [1.807, 2.05) is 0 Å². The van der Waals surface area contributed by atoms with Crippen LogP contribution in [-0.2, 0) is 0 Å². The van der Waals surface area contributed by atoms with Crippen LogP contribution in [0.4, 0.5) is 0 Å². The zero-order valence-corrected chi connectivity index (χ0v) is 6.22. The Hall–Kier alpha value is -0.0800. The van der Waals surface area contributed by atoms with Crippen molar-refractivity contribution in [2.45, 2.75) is 38.3 Å². The van der Waals surface area contributed by atoms with Crippen molar-refractivity contribution < 1.29 is 0 Å². The second-order valence-corrected chi connectivity index (χ2v) is 3.70. The zero-order valence-electron chi connectivity index (χ0n) is 6.22. The molecule has 0 radical (unpaired) electrons. The summed E-state index contributed by atoms with van der Waals surface area (Å²) in [5.41, 5.74) is 11.7. The summed E-state index contributed by atoms with van der Waals surface area (Å²) < 4.78 is 0. The van der Waals surface area contributed by atoms with Crippen LogP contribution in [0.2, 0.25) is 0 Å². The summed E-state index contributed by atoms with van der Waals surface area (Å²) in [7, 11) is 0. The molecule has 54 valence electrons. The highest BCUT2D eigenvalue weighted by Gasteiger charge is 2.34. The van der Waals surface area contributed by atoms with Crippen LogP contribution in [0.5, 0.6) is 0 Å². The number of hydrogen-bond acceptors (Lipinski definition) is 2.